The number of rotatable bonds is 3. The zero-order valence-electron chi connectivity index (χ0n) is 10.8. The molecule has 1 unspecified atom stereocenters. The lowest BCUT2D eigenvalue weighted by atomic mass is 10.1. The Hall–Kier alpha value is -1.62. The lowest BCUT2D eigenvalue weighted by Crippen LogP contribution is -2.29. The minimum atomic E-state index is 0.00348. The summed E-state index contributed by atoms with van der Waals surface area (Å²) in [5, 5.41) is 9.08. The van der Waals surface area contributed by atoms with Gasteiger partial charge in [0.25, 0.3) is 5.91 Å². The van der Waals surface area contributed by atoms with E-state index in [1.165, 1.54) is 0 Å². The van der Waals surface area contributed by atoms with E-state index in [0.717, 1.165) is 18.8 Å². The van der Waals surface area contributed by atoms with Gasteiger partial charge in [0, 0.05) is 45.9 Å². The van der Waals surface area contributed by atoms with Crippen LogP contribution in [0.4, 0.5) is 5.82 Å². The number of hydrogen-bond acceptors (Lipinski definition) is 4. The van der Waals surface area contributed by atoms with Crippen LogP contribution in [0.1, 0.15) is 16.8 Å². The molecule has 1 aliphatic heterocycles. The molecule has 1 aromatic rings. The third-order valence-electron chi connectivity index (χ3n) is 3.28. The second-order valence-electron chi connectivity index (χ2n) is 4.89. The number of anilines is 1. The van der Waals surface area contributed by atoms with Crippen LogP contribution in [0.25, 0.3) is 0 Å². The monoisotopic (exact) mass is 249 g/mol. The van der Waals surface area contributed by atoms with Gasteiger partial charge in [0.2, 0.25) is 0 Å². The van der Waals surface area contributed by atoms with Gasteiger partial charge in [-0.05, 0) is 18.6 Å². The van der Waals surface area contributed by atoms with Gasteiger partial charge >= 0.3 is 0 Å². The van der Waals surface area contributed by atoms with Crippen LogP contribution in [0.15, 0.2) is 18.3 Å². The molecule has 98 valence electrons. The highest BCUT2D eigenvalue weighted by Crippen LogP contribution is 2.18. The van der Waals surface area contributed by atoms with Crippen LogP contribution in [-0.4, -0.2) is 54.7 Å². The Morgan fingerprint density at radius 2 is 2.33 bits per heavy atom. The Bertz CT molecular complexity index is 417. The Labute approximate surface area is 107 Å². The molecule has 0 spiro atoms. The van der Waals surface area contributed by atoms with Crippen LogP contribution in [0.2, 0.25) is 0 Å². The van der Waals surface area contributed by atoms with E-state index < -0.39 is 0 Å². The average molecular weight is 249 g/mol. The molecular formula is C13H19N3O2. The Morgan fingerprint density at radius 1 is 1.56 bits per heavy atom. The fourth-order valence-corrected chi connectivity index (χ4v) is 2.13. The zero-order chi connectivity index (χ0) is 13.1. The SMILES string of the molecule is CN(C)c1ccc(C(=O)N2CCC(CO)C2)cn1. The minimum Gasteiger partial charge on any atom is -0.396 e. The normalized spacial score (nSPS) is 19.1. The molecule has 0 aliphatic carbocycles. The third kappa shape index (κ3) is 2.61. The summed E-state index contributed by atoms with van der Waals surface area (Å²) in [4.78, 5) is 20.1. The number of likely N-dealkylation sites (tertiary alicyclic amines) is 1. The highest BCUT2D eigenvalue weighted by atomic mass is 16.3. The average Bonchev–Trinajstić information content (AvgIpc) is 2.86. The lowest BCUT2D eigenvalue weighted by Gasteiger charge is -2.17. The minimum absolute atomic E-state index is 0.00348. The number of aliphatic hydroxyl groups excluding tert-OH is 1. The van der Waals surface area contributed by atoms with Crippen molar-refractivity contribution in [3.8, 4) is 0 Å². The number of aromatic nitrogens is 1. The van der Waals surface area contributed by atoms with Gasteiger partial charge in [0.05, 0.1) is 5.56 Å². The first-order chi connectivity index (χ1) is 8.61. The van der Waals surface area contributed by atoms with E-state index in [9.17, 15) is 4.79 Å². The van der Waals surface area contributed by atoms with Gasteiger partial charge in [-0.2, -0.15) is 0 Å². The number of pyridine rings is 1. The largest absolute Gasteiger partial charge is 0.396 e. The van der Waals surface area contributed by atoms with Crippen LogP contribution < -0.4 is 4.90 Å². The molecule has 5 heteroatoms. The molecule has 0 saturated carbocycles. The summed E-state index contributed by atoms with van der Waals surface area (Å²) in [7, 11) is 3.83. The fourth-order valence-electron chi connectivity index (χ4n) is 2.13. The van der Waals surface area contributed by atoms with Crippen molar-refractivity contribution in [2.24, 2.45) is 5.92 Å². The van der Waals surface area contributed by atoms with Gasteiger partial charge in [-0.1, -0.05) is 0 Å². The summed E-state index contributed by atoms with van der Waals surface area (Å²) in [6.45, 7) is 1.52. The number of hydrogen-bond donors (Lipinski definition) is 1. The van der Waals surface area contributed by atoms with Crippen molar-refractivity contribution in [3.63, 3.8) is 0 Å². The molecule has 1 aromatic heterocycles. The first-order valence-electron chi connectivity index (χ1n) is 6.15. The van der Waals surface area contributed by atoms with E-state index in [0.29, 0.717) is 12.1 Å². The highest BCUT2D eigenvalue weighted by Gasteiger charge is 2.26. The first-order valence-corrected chi connectivity index (χ1v) is 6.15. The molecule has 1 amide bonds. The molecule has 2 rings (SSSR count). The Kier molecular flexibility index (Phi) is 3.81. The summed E-state index contributed by atoms with van der Waals surface area (Å²) in [6.07, 6.45) is 2.50. The van der Waals surface area contributed by atoms with Gasteiger partial charge in [-0.25, -0.2) is 4.98 Å². The highest BCUT2D eigenvalue weighted by molar-refractivity contribution is 5.94. The smallest absolute Gasteiger partial charge is 0.255 e. The summed E-state index contributed by atoms with van der Waals surface area (Å²) in [5.74, 6) is 1.06. The van der Waals surface area contributed by atoms with Crippen LogP contribution in [0, 0.1) is 5.92 Å². The third-order valence-corrected chi connectivity index (χ3v) is 3.28. The molecule has 1 fully saturated rings. The lowest BCUT2D eigenvalue weighted by molar-refractivity contribution is 0.0781. The van der Waals surface area contributed by atoms with Crippen molar-refractivity contribution in [2.75, 3.05) is 38.7 Å². The number of amides is 1. The molecule has 18 heavy (non-hydrogen) atoms. The maximum absolute atomic E-state index is 12.2. The molecule has 0 aromatic carbocycles. The molecule has 5 nitrogen and oxygen atoms in total. The predicted octanol–water partition coefficient (Wildman–Crippen LogP) is 0.602. The number of aliphatic hydroxyl groups is 1. The van der Waals surface area contributed by atoms with E-state index >= 15 is 0 Å². The summed E-state index contributed by atoms with van der Waals surface area (Å²) in [6, 6.07) is 3.64. The van der Waals surface area contributed by atoms with E-state index in [1.54, 1.807) is 17.2 Å². The molecule has 1 atom stereocenters. The predicted molar refractivity (Wildman–Crippen MR) is 69.7 cm³/mol. The second-order valence-corrected chi connectivity index (χ2v) is 4.89. The van der Waals surface area contributed by atoms with Gasteiger partial charge in [-0.15, -0.1) is 0 Å². The topological polar surface area (TPSA) is 56.7 Å². The zero-order valence-corrected chi connectivity index (χ0v) is 10.8. The number of carbonyl (C=O) groups excluding carboxylic acids is 1. The Morgan fingerprint density at radius 3 is 2.83 bits per heavy atom. The summed E-state index contributed by atoms with van der Waals surface area (Å²) < 4.78 is 0. The standard InChI is InChI=1S/C13H19N3O2/c1-15(2)12-4-3-11(7-14-12)13(18)16-6-5-10(8-16)9-17/h3-4,7,10,17H,5-6,8-9H2,1-2H3. The molecule has 1 aliphatic rings. The quantitative estimate of drug-likeness (QED) is 0.852. The summed E-state index contributed by atoms with van der Waals surface area (Å²) >= 11 is 0. The maximum Gasteiger partial charge on any atom is 0.255 e. The van der Waals surface area contributed by atoms with Gasteiger partial charge in [-0.3, -0.25) is 4.79 Å². The first kappa shape index (κ1) is 12.8. The van der Waals surface area contributed by atoms with E-state index in [4.69, 9.17) is 5.11 Å². The van der Waals surface area contributed by atoms with Crippen LogP contribution in [0.5, 0.6) is 0 Å². The second kappa shape index (κ2) is 5.35. The van der Waals surface area contributed by atoms with Crippen molar-refractivity contribution in [3.05, 3.63) is 23.9 Å². The number of carbonyl (C=O) groups is 1. The van der Waals surface area contributed by atoms with Crippen molar-refractivity contribution >= 4 is 11.7 Å². The van der Waals surface area contributed by atoms with Gasteiger partial charge < -0.3 is 14.9 Å². The summed E-state index contributed by atoms with van der Waals surface area (Å²) in [5.41, 5.74) is 0.610. The van der Waals surface area contributed by atoms with Crippen LogP contribution in [0.3, 0.4) is 0 Å². The molecule has 2 heterocycles. The van der Waals surface area contributed by atoms with Crippen LogP contribution >= 0.6 is 0 Å². The molecule has 0 bridgehead atoms. The Balaban J connectivity index is 2.05. The van der Waals surface area contributed by atoms with E-state index in [-0.39, 0.29) is 18.4 Å². The van der Waals surface area contributed by atoms with Crippen molar-refractivity contribution in [2.45, 2.75) is 6.42 Å². The van der Waals surface area contributed by atoms with Crippen molar-refractivity contribution < 1.29 is 9.90 Å². The van der Waals surface area contributed by atoms with Crippen molar-refractivity contribution in [1.82, 2.24) is 9.88 Å². The van der Waals surface area contributed by atoms with Gasteiger partial charge in [0.15, 0.2) is 0 Å². The van der Waals surface area contributed by atoms with Crippen molar-refractivity contribution in [1.29, 1.82) is 0 Å². The molecule has 0 radical (unpaired) electrons. The van der Waals surface area contributed by atoms with Gasteiger partial charge in [0.1, 0.15) is 5.82 Å². The molecule has 1 N–H and O–H groups in total. The fraction of sp³-hybridized carbons (Fsp3) is 0.538. The van der Waals surface area contributed by atoms with Crippen LogP contribution in [-0.2, 0) is 0 Å². The molecular weight excluding hydrogens is 230 g/mol. The van der Waals surface area contributed by atoms with E-state index in [1.807, 2.05) is 25.1 Å². The number of nitrogens with zero attached hydrogens (tertiary/aromatic N) is 3. The molecule has 1 saturated heterocycles. The maximum atomic E-state index is 12.2. The van der Waals surface area contributed by atoms with E-state index in [2.05, 4.69) is 4.98 Å².